The third-order valence-electron chi connectivity index (χ3n) is 3.61. The lowest BCUT2D eigenvalue weighted by Crippen LogP contribution is -2.43. The van der Waals surface area contributed by atoms with Gasteiger partial charge in [0.25, 0.3) is 10.1 Å². The Morgan fingerprint density at radius 3 is 2.79 bits per heavy atom. The Bertz CT molecular complexity index is 728. The molecule has 10 heteroatoms. The number of benzene rings is 1. The number of morpholine rings is 1. The van der Waals surface area contributed by atoms with Crippen LogP contribution in [0, 0.1) is 0 Å². The Balaban J connectivity index is 1.77. The van der Waals surface area contributed by atoms with Gasteiger partial charge in [-0.05, 0) is 18.2 Å². The van der Waals surface area contributed by atoms with Crippen molar-refractivity contribution >= 4 is 27.6 Å². The summed E-state index contributed by atoms with van der Waals surface area (Å²) in [7, 11) is -3.74. The van der Waals surface area contributed by atoms with Crippen LogP contribution in [0.15, 0.2) is 24.3 Å². The van der Waals surface area contributed by atoms with Crippen molar-refractivity contribution in [1.82, 2.24) is 0 Å². The quantitative estimate of drug-likeness (QED) is 0.587. The summed E-state index contributed by atoms with van der Waals surface area (Å²) in [6.45, 7) is 0.730. The van der Waals surface area contributed by atoms with Gasteiger partial charge in [-0.25, -0.2) is 13.4 Å². The molecule has 0 aliphatic carbocycles. The highest BCUT2D eigenvalue weighted by Gasteiger charge is 2.35. The normalized spacial score (nSPS) is 25.0. The summed E-state index contributed by atoms with van der Waals surface area (Å²) in [5.41, 5.74) is 1.07. The number of carbonyl (C=O) groups excluding carboxylic acids is 1. The monoisotopic (exact) mass is 360 g/mol. The Morgan fingerprint density at radius 2 is 2.08 bits per heavy atom. The second-order valence-electron chi connectivity index (χ2n) is 5.45. The zero-order valence-electron chi connectivity index (χ0n) is 12.9. The molecule has 2 fully saturated rings. The molecule has 1 aromatic rings. The van der Waals surface area contributed by atoms with Gasteiger partial charge in [-0.2, -0.15) is 8.42 Å². The maximum Gasteiger partial charge on any atom is 0.416 e. The number of carbonyl (C=O) groups is 1. The molecular formula is C14H17FN2O6S. The number of halogens is 1. The molecule has 2 aliphatic heterocycles. The van der Waals surface area contributed by atoms with Crippen LogP contribution >= 0.6 is 0 Å². The van der Waals surface area contributed by atoms with E-state index in [1.807, 2.05) is 0 Å². The molecule has 0 spiro atoms. The maximum atomic E-state index is 14.0. The second kappa shape index (κ2) is 6.54. The van der Waals surface area contributed by atoms with Crippen LogP contribution in [0.5, 0.6) is 0 Å². The zero-order valence-corrected chi connectivity index (χ0v) is 13.7. The first-order chi connectivity index (χ1) is 11.3. The van der Waals surface area contributed by atoms with Crippen molar-refractivity contribution in [2.24, 2.45) is 0 Å². The lowest BCUT2D eigenvalue weighted by Gasteiger charge is -2.32. The summed E-state index contributed by atoms with van der Waals surface area (Å²) in [5, 5.41) is 0. The van der Waals surface area contributed by atoms with Gasteiger partial charge in [-0.15, -0.1) is 0 Å². The third kappa shape index (κ3) is 3.77. The minimum absolute atomic E-state index is 0.0136. The van der Waals surface area contributed by atoms with Crippen molar-refractivity contribution in [3.8, 4) is 0 Å². The van der Waals surface area contributed by atoms with Crippen molar-refractivity contribution in [2.75, 3.05) is 42.4 Å². The minimum Gasteiger partial charge on any atom is -0.416 e. The highest BCUT2D eigenvalue weighted by atomic mass is 32.2. The average molecular weight is 360 g/mol. The molecular weight excluding hydrogens is 343 g/mol. The van der Waals surface area contributed by atoms with Crippen molar-refractivity contribution in [3.05, 3.63) is 24.3 Å². The molecule has 24 heavy (non-hydrogen) atoms. The van der Waals surface area contributed by atoms with Crippen LogP contribution in [-0.2, 0) is 23.8 Å². The van der Waals surface area contributed by atoms with Crippen molar-refractivity contribution in [1.29, 1.82) is 0 Å². The summed E-state index contributed by atoms with van der Waals surface area (Å²) in [5.74, 6) is 0. The van der Waals surface area contributed by atoms with Gasteiger partial charge in [0.2, 0.25) is 6.29 Å². The molecule has 1 aromatic carbocycles. The largest absolute Gasteiger partial charge is 0.416 e. The molecule has 0 radical (unpaired) electrons. The molecule has 8 nitrogen and oxygen atoms in total. The van der Waals surface area contributed by atoms with E-state index in [4.69, 9.17) is 9.47 Å². The third-order valence-corrected chi connectivity index (χ3v) is 4.17. The first kappa shape index (κ1) is 16.9. The molecule has 132 valence electrons. The highest BCUT2D eigenvalue weighted by molar-refractivity contribution is 7.86. The van der Waals surface area contributed by atoms with E-state index in [1.54, 1.807) is 29.2 Å². The van der Waals surface area contributed by atoms with E-state index >= 15 is 0 Å². The fourth-order valence-corrected chi connectivity index (χ4v) is 3.09. The highest BCUT2D eigenvalue weighted by Crippen LogP contribution is 2.28. The molecule has 0 bridgehead atoms. The predicted molar refractivity (Wildman–Crippen MR) is 83.0 cm³/mol. The van der Waals surface area contributed by atoms with Gasteiger partial charge in [-0.3, -0.25) is 4.90 Å². The van der Waals surface area contributed by atoms with Crippen molar-refractivity contribution in [3.63, 3.8) is 0 Å². The Morgan fingerprint density at radius 1 is 1.33 bits per heavy atom. The molecule has 2 aliphatic rings. The standard InChI is InChI=1S/C14H17FN2O6S/c1-24(19,20)23-13-8-17(14(18)22-13)11-4-2-3-10(7-11)16-5-6-21-9-12(16)15/h2-4,7,12-13H,5-6,8-9H2,1H3. The fraction of sp³-hybridized carbons (Fsp3) is 0.500. The Kier molecular flexibility index (Phi) is 4.61. The summed E-state index contributed by atoms with van der Waals surface area (Å²) in [6, 6.07) is 6.71. The molecule has 2 saturated heterocycles. The van der Waals surface area contributed by atoms with Crippen LogP contribution in [0.2, 0.25) is 0 Å². The molecule has 0 N–H and O–H groups in total. The van der Waals surface area contributed by atoms with Crippen LogP contribution in [0.4, 0.5) is 20.6 Å². The molecule has 3 rings (SSSR count). The number of anilines is 2. The smallest absolute Gasteiger partial charge is 0.416 e. The van der Waals surface area contributed by atoms with Gasteiger partial charge < -0.3 is 14.4 Å². The van der Waals surface area contributed by atoms with E-state index in [2.05, 4.69) is 4.18 Å². The summed E-state index contributed by atoms with van der Waals surface area (Å²) in [4.78, 5) is 14.7. The number of amides is 1. The van der Waals surface area contributed by atoms with Gasteiger partial charge in [0, 0.05) is 17.9 Å². The number of cyclic esters (lactones) is 1. The Labute approximate surface area is 138 Å². The molecule has 2 atom stereocenters. The first-order valence-electron chi connectivity index (χ1n) is 7.28. The van der Waals surface area contributed by atoms with Crippen LogP contribution in [0.25, 0.3) is 0 Å². The summed E-state index contributed by atoms with van der Waals surface area (Å²) >= 11 is 0. The van der Waals surface area contributed by atoms with Crippen LogP contribution in [0.3, 0.4) is 0 Å². The van der Waals surface area contributed by atoms with Crippen molar-refractivity contribution < 1.29 is 31.3 Å². The van der Waals surface area contributed by atoms with E-state index < -0.39 is 28.8 Å². The number of alkyl halides is 1. The van der Waals surface area contributed by atoms with Crippen LogP contribution < -0.4 is 9.80 Å². The van der Waals surface area contributed by atoms with E-state index in [1.165, 1.54) is 4.90 Å². The fourth-order valence-electron chi connectivity index (χ4n) is 2.60. The Hall–Kier alpha value is -1.91. The van der Waals surface area contributed by atoms with Gasteiger partial charge in [0.1, 0.15) is 0 Å². The minimum atomic E-state index is -3.74. The number of hydrogen-bond acceptors (Lipinski definition) is 7. The van der Waals surface area contributed by atoms with Gasteiger partial charge >= 0.3 is 6.09 Å². The second-order valence-corrected chi connectivity index (χ2v) is 7.05. The molecule has 0 aromatic heterocycles. The van der Waals surface area contributed by atoms with Crippen molar-refractivity contribution in [2.45, 2.75) is 12.6 Å². The zero-order chi connectivity index (χ0) is 17.3. The molecule has 1 amide bonds. The van der Waals surface area contributed by atoms with Gasteiger partial charge in [0.05, 0.1) is 26.0 Å². The lowest BCUT2D eigenvalue weighted by molar-refractivity contribution is 0.0114. The number of nitrogens with zero attached hydrogens (tertiary/aromatic N) is 2. The first-order valence-corrected chi connectivity index (χ1v) is 9.10. The summed E-state index contributed by atoms with van der Waals surface area (Å²) in [6.07, 6.45) is -2.31. The van der Waals surface area contributed by atoms with E-state index in [0.717, 1.165) is 6.26 Å². The number of hydrogen-bond donors (Lipinski definition) is 0. The van der Waals surface area contributed by atoms with Crippen LogP contribution in [-0.4, -0.2) is 59.7 Å². The SMILES string of the molecule is CS(=O)(=O)OC1CN(c2cccc(N3CCOCC3F)c2)C(=O)O1. The molecule has 0 saturated carbocycles. The summed E-state index contributed by atoms with van der Waals surface area (Å²) < 4.78 is 50.9. The predicted octanol–water partition coefficient (Wildman–Crippen LogP) is 1.08. The van der Waals surface area contributed by atoms with Gasteiger partial charge in [0.15, 0.2) is 6.30 Å². The topological polar surface area (TPSA) is 85.4 Å². The lowest BCUT2D eigenvalue weighted by atomic mass is 10.2. The number of rotatable bonds is 4. The van der Waals surface area contributed by atoms with E-state index in [0.29, 0.717) is 24.5 Å². The van der Waals surface area contributed by atoms with Gasteiger partial charge in [-0.1, -0.05) is 6.07 Å². The molecule has 2 unspecified atom stereocenters. The van der Waals surface area contributed by atoms with Crippen LogP contribution in [0.1, 0.15) is 0 Å². The number of ether oxygens (including phenoxy) is 2. The van der Waals surface area contributed by atoms with E-state index in [9.17, 15) is 17.6 Å². The molecule has 2 heterocycles. The van der Waals surface area contributed by atoms with E-state index in [-0.39, 0.29) is 13.2 Å². The maximum absolute atomic E-state index is 14.0. The average Bonchev–Trinajstić information content (AvgIpc) is 2.86.